The average molecular weight is 432 g/mol. The SMILES string of the molecule is CCOc1ccc(NS(=O)(=O)c2cc(C(=O)Nc3ccncc3)ccc2Cl)cc1. The molecule has 9 heteroatoms. The zero-order valence-electron chi connectivity index (χ0n) is 15.4. The van der Waals surface area contributed by atoms with Gasteiger partial charge in [0.05, 0.1) is 11.6 Å². The molecule has 0 aliphatic rings. The van der Waals surface area contributed by atoms with E-state index in [0.29, 0.717) is 23.7 Å². The van der Waals surface area contributed by atoms with Crippen LogP contribution in [0.25, 0.3) is 0 Å². The maximum absolute atomic E-state index is 12.8. The number of hydrogen-bond donors (Lipinski definition) is 2. The van der Waals surface area contributed by atoms with E-state index in [2.05, 4.69) is 15.0 Å². The zero-order valence-corrected chi connectivity index (χ0v) is 17.0. The topological polar surface area (TPSA) is 97.4 Å². The number of halogens is 1. The third-order valence-electron chi connectivity index (χ3n) is 3.84. The van der Waals surface area contributed by atoms with E-state index in [-0.39, 0.29) is 15.5 Å². The summed E-state index contributed by atoms with van der Waals surface area (Å²) in [6.45, 7) is 2.37. The van der Waals surface area contributed by atoms with Gasteiger partial charge in [0.1, 0.15) is 10.6 Å². The van der Waals surface area contributed by atoms with Crippen LogP contribution in [0.5, 0.6) is 5.75 Å². The number of carbonyl (C=O) groups excluding carboxylic acids is 1. The molecule has 3 rings (SSSR count). The van der Waals surface area contributed by atoms with Gasteiger partial charge in [-0.15, -0.1) is 0 Å². The molecule has 29 heavy (non-hydrogen) atoms. The summed E-state index contributed by atoms with van der Waals surface area (Å²) in [6, 6.07) is 13.8. The van der Waals surface area contributed by atoms with Gasteiger partial charge in [0.15, 0.2) is 0 Å². The number of nitrogens with zero attached hydrogens (tertiary/aromatic N) is 1. The summed E-state index contributed by atoms with van der Waals surface area (Å²) < 4.78 is 33.4. The highest BCUT2D eigenvalue weighted by Crippen LogP contribution is 2.26. The van der Waals surface area contributed by atoms with Crippen molar-refractivity contribution < 1.29 is 17.9 Å². The van der Waals surface area contributed by atoms with E-state index < -0.39 is 15.9 Å². The Kier molecular flexibility index (Phi) is 6.36. The molecule has 1 aromatic heterocycles. The lowest BCUT2D eigenvalue weighted by Crippen LogP contribution is -2.16. The molecule has 0 fully saturated rings. The molecular formula is C20H18ClN3O4S. The molecule has 0 aliphatic heterocycles. The average Bonchev–Trinajstić information content (AvgIpc) is 2.70. The lowest BCUT2D eigenvalue weighted by molar-refractivity contribution is 0.102. The summed E-state index contributed by atoms with van der Waals surface area (Å²) in [5, 5.41) is 2.68. The summed E-state index contributed by atoms with van der Waals surface area (Å²) in [5.74, 6) is 0.161. The van der Waals surface area contributed by atoms with Crippen LogP contribution < -0.4 is 14.8 Å². The summed E-state index contributed by atoms with van der Waals surface area (Å²) in [6.07, 6.45) is 3.07. The van der Waals surface area contributed by atoms with Crippen molar-refractivity contribution in [1.82, 2.24) is 4.98 Å². The molecule has 0 saturated carbocycles. The Hall–Kier alpha value is -3.10. The summed E-state index contributed by atoms with van der Waals surface area (Å²) in [5.41, 5.74) is 1.03. The lowest BCUT2D eigenvalue weighted by Gasteiger charge is -2.12. The molecule has 0 unspecified atom stereocenters. The van der Waals surface area contributed by atoms with Crippen LogP contribution in [0.3, 0.4) is 0 Å². The number of amides is 1. The zero-order chi connectivity index (χ0) is 20.9. The lowest BCUT2D eigenvalue weighted by atomic mass is 10.2. The number of ether oxygens (including phenoxy) is 1. The van der Waals surface area contributed by atoms with Crippen LogP contribution in [0.15, 0.2) is 71.9 Å². The second-order valence-corrected chi connectivity index (χ2v) is 7.96. The van der Waals surface area contributed by atoms with Crippen LogP contribution in [0.4, 0.5) is 11.4 Å². The Bertz CT molecular complexity index is 1100. The third-order valence-corrected chi connectivity index (χ3v) is 5.70. The Morgan fingerprint density at radius 2 is 1.72 bits per heavy atom. The number of sulfonamides is 1. The number of carbonyl (C=O) groups is 1. The fraction of sp³-hybridized carbons (Fsp3) is 0.100. The van der Waals surface area contributed by atoms with E-state index in [1.54, 1.807) is 36.4 Å². The number of benzene rings is 2. The molecule has 0 spiro atoms. The Balaban J connectivity index is 1.83. The van der Waals surface area contributed by atoms with Crippen molar-refractivity contribution in [2.75, 3.05) is 16.6 Å². The van der Waals surface area contributed by atoms with Gasteiger partial charge < -0.3 is 10.1 Å². The second kappa shape index (κ2) is 8.93. The van der Waals surface area contributed by atoms with Gasteiger partial charge in [-0.25, -0.2) is 8.42 Å². The van der Waals surface area contributed by atoms with Gasteiger partial charge in [0.2, 0.25) is 0 Å². The van der Waals surface area contributed by atoms with Gasteiger partial charge in [0.25, 0.3) is 15.9 Å². The Morgan fingerprint density at radius 1 is 1.03 bits per heavy atom. The molecule has 7 nitrogen and oxygen atoms in total. The molecule has 0 aliphatic carbocycles. The highest BCUT2D eigenvalue weighted by Gasteiger charge is 2.20. The van der Waals surface area contributed by atoms with Gasteiger partial charge in [0, 0.05) is 29.3 Å². The van der Waals surface area contributed by atoms with E-state index in [0.717, 1.165) is 0 Å². The van der Waals surface area contributed by atoms with Crippen molar-refractivity contribution in [3.8, 4) is 5.75 Å². The molecule has 0 atom stereocenters. The molecule has 0 saturated heterocycles. The minimum absolute atomic E-state index is 0.00361. The minimum Gasteiger partial charge on any atom is -0.494 e. The van der Waals surface area contributed by atoms with E-state index >= 15 is 0 Å². The molecule has 3 aromatic rings. The van der Waals surface area contributed by atoms with Crippen molar-refractivity contribution in [2.45, 2.75) is 11.8 Å². The van der Waals surface area contributed by atoms with Crippen LogP contribution in [0, 0.1) is 0 Å². The van der Waals surface area contributed by atoms with Gasteiger partial charge in [-0.2, -0.15) is 0 Å². The summed E-state index contributed by atoms with van der Waals surface area (Å²) in [4.78, 5) is 16.1. The second-order valence-electron chi connectivity index (χ2n) is 5.90. The van der Waals surface area contributed by atoms with Gasteiger partial charge in [-0.3, -0.25) is 14.5 Å². The third kappa shape index (κ3) is 5.24. The number of hydrogen-bond acceptors (Lipinski definition) is 5. The largest absolute Gasteiger partial charge is 0.494 e. The molecule has 2 N–H and O–H groups in total. The van der Waals surface area contributed by atoms with Crippen molar-refractivity contribution in [3.05, 3.63) is 77.6 Å². The highest BCUT2D eigenvalue weighted by molar-refractivity contribution is 7.92. The first kappa shape index (κ1) is 20.6. The van der Waals surface area contributed by atoms with Crippen molar-refractivity contribution in [2.24, 2.45) is 0 Å². The van der Waals surface area contributed by atoms with Crippen molar-refractivity contribution in [3.63, 3.8) is 0 Å². The van der Waals surface area contributed by atoms with Crippen LogP contribution >= 0.6 is 11.6 Å². The first-order valence-corrected chi connectivity index (χ1v) is 10.5. The van der Waals surface area contributed by atoms with Crippen LogP contribution in [-0.4, -0.2) is 25.9 Å². The molecule has 1 heterocycles. The number of anilines is 2. The smallest absolute Gasteiger partial charge is 0.263 e. The summed E-state index contributed by atoms with van der Waals surface area (Å²) in [7, 11) is -4.01. The quantitative estimate of drug-likeness (QED) is 0.584. The predicted octanol–water partition coefficient (Wildman–Crippen LogP) is 4.19. The minimum atomic E-state index is -4.01. The van der Waals surface area contributed by atoms with Gasteiger partial charge >= 0.3 is 0 Å². The molecule has 2 aromatic carbocycles. The Morgan fingerprint density at radius 3 is 2.38 bits per heavy atom. The van der Waals surface area contributed by atoms with Crippen LogP contribution in [0.2, 0.25) is 5.02 Å². The van der Waals surface area contributed by atoms with Gasteiger partial charge in [-0.1, -0.05) is 11.6 Å². The van der Waals surface area contributed by atoms with Crippen molar-refractivity contribution in [1.29, 1.82) is 0 Å². The fourth-order valence-corrected chi connectivity index (χ4v) is 4.07. The number of rotatable bonds is 7. The molecule has 0 bridgehead atoms. The molecule has 0 radical (unpaired) electrons. The number of nitrogens with one attached hydrogen (secondary N) is 2. The van der Waals surface area contributed by atoms with Crippen LogP contribution in [0.1, 0.15) is 17.3 Å². The fourth-order valence-electron chi connectivity index (χ4n) is 2.49. The summed E-state index contributed by atoms with van der Waals surface area (Å²) >= 11 is 6.10. The van der Waals surface area contributed by atoms with E-state index in [9.17, 15) is 13.2 Å². The molecule has 1 amide bonds. The highest BCUT2D eigenvalue weighted by atomic mass is 35.5. The number of pyridine rings is 1. The Labute approximate surface area is 173 Å². The van der Waals surface area contributed by atoms with Crippen LogP contribution in [-0.2, 0) is 10.0 Å². The standard InChI is InChI=1S/C20H18ClN3O4S/c1-2-28-17-6-4-16(5-7-17)24-29(26,27)19-13-14(3-8-18(19)21)20(25)23-15-9-11-22-12-10-15/h3-13,24H,2H2,1H3,(H,22,23,25). The normalized spacial score (nSPS) is 11.0. The van der Waals surface area contributed by atoms with Gasteiger partial charge in [-0.05, 0) is 61.5 Å². The first-order chi connectivity index (χ1) is 13.9. The number of aromatic nitrogens is 1. The van der Waals surface area contributed by atoms with Crippen molar-refractivity contribution >= 4 is 38.9 Å². The maximum atomic E-state index is 12.8. The first-order valence-electron chi connectivity index (χ1n) is 8.65. The molecular weight excluding hydrogens is 414 g/mol. The monoisotopic (exact) mass is 431 g/mol. The van der Waals surface area contributed by atoms with E-state index in [4.69, 9.17) is 16.3 Å². The predicted molar refractivity (Wildman–Crippen MR) is 112 cm³/mol. The van der Waals surface area contributed by atoms with E-state index in [1.165, 1.54) is 30.6 Å². The maximum Gasteiger partial charge on any atom is 0.263 e. The molecule has 150 valence electrons. The van der Waals surface area contributed by atoms with E-state index in [1.807, 2.05) is 6.92 Å².